The molecule has 0 aromatic heterocycles. The van der Waals surface area contributed by atoms with Crippen LogP contribution in [0.4, 0.5) is 0 Å². The second-order valence-corrected chi connectivity index (χ2v) is 27.8. The first-order valence-electron chi connectivity index (χ1n) is 36.5. The van der Waals surface area contributed by atoms with Crippen LogP contribution in [0.5, 0.6) is 0 Å². The summed E-state index contributed by atoms with van der Waals surface area (Å²) in [6, 6.07) is -2.00. The Bertz CT molecular complexity index is 2040. The number of hydrogen-bond acceptors (Lipinski definition) is 19. The molecule has 27 heteroatoms. The van der Waals surface area contributed by atoms with Gasteiger partial charge in [0, 0.05) is 39.1 Å². The molecule has 6 N–H and O–H groups in total. The molecule has 4 amide bonds. The predicted molar refractivity (Wildman–Crippen MR) is 364 cm³/mol. The molecular formula is C69H130N4Na2O19P2. The zero-order chi connectivity index (χ0) is 69.6. The third kappa shape index (κ3) is 67.3. The summed E-state index contributed by atoms with van der Waals surface area (Å²) < 4.78 is 63.1. The Balaban J connectivity index is -0.0000432. The normalized spacial score (nSPS) is 14.3. The minimum absolute atomic E-state index is 0. The number of phosphoric acid groups is 2. The van der Waals surface area contributed by atoms with Crippen molar-refractivity contribution in [3.63, 3.8) is 0 Å². The predicted octanol–water partition coefficient (Wildman–Crippen LogP) is 6.09. The van der Waals surface area contributed by atoms with Crippen molar-refractivity contribution < 1.29 is 149 Å². The van der Waals surface area contributed by atoms with Crippen LogP contribution < -0.4 is 90.2 Å². The molecule has 0 fully saturated rings. The molecular weight excluding hydrogens is 1300 g/mol. The maximum absolute atomic E-state index is 13.6. The molecule has 0 aromatic carbocycles. The number of nitrogens with one attached hydrogen (secondary N) is 4. The van der Waals surface area contributed by atoms with Crippen LogP contribution in [-0.2, 0) is 70.2 Å². The van der Waals surface area contributed by atoms with Gasteiger partial charge in [0.15, 0.2) is 0 Å². The number of hydrogen-bond donors (Lipinski definition) is 6. The first kappa shape index (κ1) is 99.0. The Morgan fingerprint density at radius 3 is 1.25 bits per heavy atom. The molecule has 4 unspecified atom stereocenters. The van der Waals surface area contributed by atoms with Gasteiger partial charge in [0.25, 0.3) is 15.6 Å². The minimum atomic E-state index is -5.05. The van der Waals surface area contributed by atoms with Crippen molar-refractivity contribution in [2.75, 3.05) is 65.9 Å². The summed E-state index contributed by atoms with van der Waals surface area (Å²) in [7, 11) is -10.1. The molecule has 0 saturated heterocycles. The molecule has 0 rings (SSSR count). The topological polar surface area (TPSA) is 336 Å². The third-order valence-corrected chi connectivity index (χ3v) is 17.7. The van der Waals surface area contributed by atoms with E-state index in [-0.39, 0.29) is 124 Å². The van der Waals surface area contributed by atoms with Gasteiger partial charge < -0.3 is 73.6 Å². The SMILES string of the molecule is CCCCCC/C=C\CCCC(=O)O[C@H](CCCCCCC)CC(=O)NC(COCC[C@H](O)CCCCCCC)COP(=O)([O-])OCCNC(=O)CC(=O)NCCOP(=O)([O-])OCC(COCC[C@H](O)CCCCCCC)NC(=O)CC(=O)CCCCCCCCCCC.[Na+].[Na+]. The average Bonchev–Trinajstić information content (AvgIpc) is 1.79. The molecule has 0 aliphatic carbocycles. The number of carbonyl (C=O) groups is 6. The van der Waals surface area contributed by atoms with Gasteiger partial charge in [-0.15, -0.1) is 0 Å². The number of ketones is 1. The molecule has 0 aliphatic rings. The van der Waals surface area contributed by atoms with Gasteiger partial charge >= 0.3 is 65.1 Å². The largest absolute Gasteiger partial charge is 1.00 e. The van der Waals surface area contributed by atoms with Crippen LogP contribution in [0.2, 0.25) is 0 Å². The first-order valence-corrected chi connectivity index (χ1v) is 39.4. The van der Waals surface area contributed by atoms with E-state index in [2.05, 4.69) is 68.0 Å². The Morgan fingerprint density at radius 1 is 0.417 bits per heavy atom. The van der Waals surface area contributed by atoms with E-state index in [0.717, 1.165) is 135 Å². The van der Waals surface area contributed by atoms with E-state index in [9.17, 15) is 57.9 Å². The van der Waals surface area contributed by atoms with Crippen molar-refractivity contribution in [3.05, 3.63) is 12.2 Å². The molecule has 96 heavy (non-hydrogen) atoms. The van der Waals surface area contributed by atoms with Crippen LogP contribution in [0.15, 0.2) is 12.2 Å². The molecule has 0 aliphatic heterocycles. The zero-order valence-electron chi connectivity index (χ0n) is 60.8. The average molecular weight is 1430 g/mol. The van der Waals surface area contributed by atoms with Crippen LogP contribution in [0.25, 0.3) is 0 Å². The van der Waals surface area contributed by atoms with Crippen molar-refractivity contribution >= 4 is 51.0 Å². The number of unbranched alkanes of at least 4 members (excludes halogenated alkanes) is 25. The standard InChI is InChI=1S/C69H132N4O19P2.2Na/c1-6-11-16-21-23-25-27-32-36-41-63(76)52-67(79)72-59(55-86-48-44-61(74)39-34-29-18-13-8-3)57-90-93(82,83)88-50-46-70-65(77)54-66(78)71-47-51-89-94(84,85)91-58-60(56-87-49-45-62(75)40-35-30-19-14-9-4)73-68(80)53-64(42-37-31-20-15-10-5)92-69(81)43-38-33-28-26-24-22-17-12-7-2;;/h26,28,59-62,64,74-75H,6-25,27,29-58H2,1-5H3,(H,70,77)(H,71,78)(H,72,79)(H,73,80)(H,82,83)(H,84,85);;/q;2*+1/p-2/b28-26-;;/t59?,60?,61-,62-,64-;;/m1../s1. The number of amides is 4. The smallest absolute Gasteiger partial charge is 0.756 e. The van der Waals surface area contributed by atoms with Gasteiger partial charge in [-0.3, -0.25) is 37.9 Å². The molecule has 23 nitrogen and oxygen atoms in total. The molecule has 552 valence electrons. The second-order valence-electron chi connectivity index (χ2n) is 25.0. The number of allylic oxidation sites excluding steroid dienone is 2. The van der Waals surface area contributed by atoms with Gasteiger partial charge in [-0.1, -0.05) is 207 Å². The number of aliphatic hydroxyl groups excluding tert-OH is 2. The van der Waals surface area contributed by atoms with Gasteiger partial charge in [0.1, 0.15) is 18.3 Å². The number of esters is 1. The number of rotatable bonds is 70. The van der Waals surface area contributed by atoms with Gasteiger partial charge in [-0.2, -0.15) is 0 Å². The minimum Gasteiger partial charge on any atom is -0.756 e. The Labute approximate surface area is 623 Å². The summed E-state index contributed by atoms with van der Waals surface area (Å²) in [4.78, 5) is 103. The number of ether oxygens (including phenoxy) is 3. The van der Waals surface area contributed by atoms with E-state index >= 15 is 0 Å². The summed E-state index contributed by atoms with van der Waals surface area (Å²) in [6.45, 7) is 7.58. The summed E-state index contributed by atoms with van der Waals surface area (Å²) in [5, 5.41) is 31.0. The van der Waals surface area contributed by atoms with Gasteiger partial charge in [0.2, 0.25) is 23.6 Å². The van der Waals surface area contributed by atoms with Gasteiger partial charge in [0.05, 0.1) is 76.8 Å². The fraction of sp³-hybridized carbons (Fsp3) is 0.884. The monoisotopic (exact) mass is 1430 g/mol. The van der Waals surface area contributed by atoms with Crippen molar-refractivity contribution in [1.29, 1.82) is 0 Å². The molecule has 7 atom stereocenters. The quantitative estimate of drug-likeness (QED) is 0.0100. The van der Waals surface area contributed by atoms with Crippen LogP contribution in [-0.4, -0.2) is 142 Å². The van der Waals surface area contributed by atoms with E-state index in [1.165, 1.54) is 51.4 Å². The van der Waals surface area contributed by atoms with Crippen LogP contribution in [0, 0.1) is 0 Å². The fourth-order valence-corrected chi connectivity index (χ4v) is 11.7. The number of carbonyl (C=O) groups excluding carboxylic acids is 6. The van der Waals surface area contributed by atoms with Crippen LogP contribution in [0.3, 0.4) is 0 Å². The maximum Gasteiger partial charge on any atom is 1.00 e. The summed E-state index contributed by atoms with van der Waals surface area (Å²) in [6.07, 6.45) is 36.0. The molecule has 0 bridgehead atoms. The third-order valence-electron chi connectivity index (χ3n) is 15.8. The van der Waals surface area contributed by atoms with Crippen molar-refractivity contribution in [2.24, 2.45) is 0 Å². The van der Waals surface area contributed by atoms with E-state index < -0.39 is 115 Å². The fourth-order valence-electron chi connectivity index (χ4n) is 10.2. The molecule has 0 radical (unpaired) electrons. The Kier molecular flexibility index (Phi) is 71.7. The summed E-state index contributed by atoms with van der Waals surface area (Å²) >= 11 is 0. The van der Waals surface area contributed by atoms with E-state index in [4.69, 9.17) is 32.3 Å². The van der Waals surface area contributed by atoms with E-state index in [1.807, 2.05) is 0 Å². The zero-order valence-corrected chi connectivity index (χ0v) is 66.6. The first-order chi connectivity index (χ1) is 45.3. The maximum atomic E-state index is 13.6. The number of phosphoric ester groups is 2. The molecule has 0 heterocycles. The van der Waals surface area contributed by atoms with Gasteiger partial charge in [-0.25, -0.2) is 0 Å². The van der Waals surface area contributed by atoms with Crippen LogP contribution >= 0.6 is 15.6 Å². The van der Waals surface area contributed by atoms with Crippen molar-refractivity contribution in [3.8, 4) is 0 Å². The van der Waals surface area contributed by atoms with Gasteiger partial charge in [-0.05, 0) is 70.6 Å². The summed E-state index contributed by atoms with van der Waals surface area (Å²) in [5.74, 6) is -3.39. The van der Waals surface area contributed by atoms with Crippen molar-refractivity contribution in [1.82, 2.24) is 21.3 Å². The summed E-state index contributed by atoms with van der Waals surface area (Å²) in [5.41, 5.74) is 0. The van der Waals surface area contributed by atoms with Crippen LogP contribution in [0.1, 0.15) is 298 Å². The Hall–Kier alpha value is -1.18. The molecule has 0 spiro atoms. The second kappa shape index (κ2) is 69.5. The number of aliphatic hydroxyl groups is 2. The molecule has 0 aromatic rings. The van der Waals surface area contributed by atoms with E-state index in [1.54, 1.807) is 0 Å². The van der Waals surface area contributed by atoms with Crippen molar-refractivity contribution in [2.45, 2.75) is 328 Å². The number of Topliss-reactive ketones (excluding diaryl/α,β-unsaturated/α-hetero) is 1. The Morgan fingerprint density at radius 2 is 0.802 bits per heavy atom. The molecule has 0 saturated carbocycles. The van der Waals surface area contributed by atoms with E-state index in [0.29, 0.717) is 44.9 Å².